The monoisotopic (exact) mass is 201 g/mol. The highest BCUT2D eigenvalue weighted by Gasteiger charge is 2.20. The van der Waals surface area contributed by atoms with Crippen molar-refractivity contribution >= 4 is 17.7 Å². The van der Waals surface area contributed by atoms with E-state index in [4.69, 9.17) is 0 Å². The third kappa shape index (κ3) is 4.03. The molecule has 1 N–H and O–H groups in total. The van der Waals surface area contributed by atoms with Gasteiger partial charge in [-0.3, -0.25) is 4.79 Å². The second-order valence-electron chi connectivity index (χ2n) is 3.87. The highest BCUT2D eigenvalue weighted by Crippen LogP contribution is 2.26. The first-order valence-corrected chi connectivity index (χ1v) is 6.37. The Labute approximate surface area is 84.9 Å². The fourth-order valence-electron chi connectivity index (χ4n) is 2.00. The van der Waals surface area contributed by atoms with Crippen LogP contribution in [-0.2, 0) is 4.79 Å². The Bertz CT molecular complexity index is 164. The maximum absolute atomic E-state index is 10.8. The molecular formula is C10H19NOS. The Hall–Kier alpha value is -0.180. The third-order valence-corrected chi connectivity index (χ3v) is 3.46. The summed E-state index contributed by atoms with van der Waals surface area (Å²) < 4.78 is 0. The summed E-state index contributed by atoms with van der Waals surface area (Å²) in [6.45, 7) is 1.61. The molecule has 1 saturated carbocycles. The van der Waals surface area contributed by atoms with Crippen molar-refractivity contribution in [3.8, 4) is 0 Å². The molecule has 2 nitrogen and oxygen atoms in total. The van der Waals surface area contributed by atoms with Gasteiger partial charge in [-0.1, -0.05) is 0 Å². The molecule has 0 aromatic rings. The van der Waals surface area contributed by atoms with Gasteiger partial charge in [0.15, 0.2) is 0 Å². The van der Waals surface area contributed by atoms with Crippen LogP contribution in [0.1, 0.15) is 32.6 Å². The van der Waals surface area contributed by atoms with Crippen LogP contribution in [0.5, 0.6) is 0 Å². The van der Waals surface area contributed by atoms with Crippen molar-refractivity contribution in [2.45, 2.75) is 38.6 Å². The van der Waals surface area contributed by atoms with Crippen LogP contribution in [0.15, 0.2) is 0 Å². The predicted octanol–water partition coefficient (Wildman–Crippen LogP) is 2.04. The van der Waals surface area contributed by atoms with E-state index in [1.807, 2.05) is 11.8 Å². The number of thioether (sulfide) groups is 1. The number of hydrogen-bond donors (Lipinski definition) is 1. The van der Waals surface area contributed by atoms with Crippen LogP contribution < -0.4 is 5.32 Å². The Balaban J connectivity index is 2.18. The summed E-state index contributed by atoms with van der Waals surface area (Å²) in [6.07, 6.45) is 7.08. The molecule has 13 heavy (non-hydrogen) atoms. The third-order valence-electron chi connectivity index (χ3n) is 2.66. The molecule has 1 amide bonds. The predicted molar refractivity (Wildman–Crippen MR) is 57.9 cm³/mol. The van der Waals surface area contributed by atoms with E-state index in [2.05, 4.69) is 11.6 Å². The smallest absolute Gasteiger partial charge is 0.217 e. The summed E-state index contributed by atoms with van der Waals surface area (Å²) in [7, 11) is 0. The molecule has 0 aromatic carbocycles. The zero-order valence-electron chi connectivity index (χ0n) is 8.51. The first kappa shape index (κ1) is 10.9. The summed E-state index contributed by atoms with van der Waals surface area (Å²) in [5.74, 6) is 2.29. The Morgan fingerprint density at radius 1 is 1.38 bits per heavy atom. The van der Waals surface area contributed by atoms with Gasteiger partial charge in [-0.2, -0.15) is 11.8 Å². The van der Waals surface area contributed by atoms with Gasteiger partial charge in [0.1, 0.15) is 0 Å². The first-order valence-electron chi connectivity index (χ1n) is 4.98. The molecule has 3 heteroatoms. The second-order valence-corrected chi connectivity index (χ2v) is 4.78. The molecule has 1 aliphatic rings. The van der Waals surface area contributed by atoms with Crippen LogP contribution in [0, 0.1) is 5.92 Å². The summed E-state index contributed by atoms with van der Waals surface area (Å²) in [5.41, 5.74) is 0. The zero-order valence-corrected chi connectivity index (χ0v) is 9.32. The van der Waals surface area contributed by atoms with E-state index in [0.717, 1.165) is 5.92 Å². The van der Waals surface area contributed by atoms with Gasteiger partial charge in [0.05, 0.1) is 0 Å². The Morgan fingerprint density at radius 3 is 2.46 bits per heavy atom. The van der Waals surface area contributed by atoms with Crippen LogP contribution in [0.2, 0.25) is 0 Å². The molecular weight excluding hydrogens is 182 g/mol. The van der Waals surface area contributed by atoms with E-state index in [1.54, 1.807) is 6.92 Å². The molecule has 0 aromatic heterocycles. The van der Waals surface area contributed by atoms with Crippen LogP contribution >= 0.6 is 11.8 Å². The quantitative estimate of drug-likeness (QED) is 0.757. The number of nitrogens with one attached hydrogen (secondary N) is 1. The summed E-state index contributed by atoms with van der Waals surface area (Å²) in [5, 5.41) is 3.00. The van der Waals surface area contributed by atoms with Gasteiger partial charge in [-0.05, 0) is 43.6 Å². The standard InChI is InChI=1S/C10H19NOS/c1-8(12)11-10-5-3-9(4-6-10)7-13-2/h9-10H,3-7H2,1-2H3,(H,11,12). The molecule has 1 rings (SSSR count). The van der Waals surface area contributed by atoms with Crippen molar-refractivity contribution < 1.29 is 4.79 Å². The molecule has 0 aliphatic heterocycles. The van der Waals surface area contributed by atoms with Gasteiger partial charge in [0.2, 0.25) is 5.91 Å². The lowest BCUT2D eigenvalue weighted by Gasteiger charge is -2.28. The van der Waals surface area contributed by atoms with Gasteiger partial charge in [-0.25, -0.2) is 0 Å². The van der Waals surface area contributed by atoms with E-state index in [0.29, 0.717) is 6.04 Å². The SMILES string of the molecule is CSCC1CCC(NC(C)=O)CC1. The lowest BCUT2D eigenvalue weighted by atomic mass is 9.87. The van der Waals surface area contributed by atoms with E-state index in [-0.39, 0.29) is 5.91 Å². The van der Waals surface area contributed by atoms with Gasteiger partial charge >= 0.3 is 0 Å². The normalized spacial score (nSPS) is 28.5. The van der Waals surface area contributed by atoms with Crippen molar-refractivity contribution in [3.05, 3.63) is 0 Å². The van der Waals surface area contributed by atoms with Gasteiger partial charge in [0.25, 0.3) is 0 Å². The van der Waals surface area contributed by atoms with Crippen molar-refractivity contribution in [3.63, 3.8) is 0 Å². The minimum Gasteiger partial charge on any atom is -0.354 e. The molecule has 1 fully saturated rings. The van der Waals surface area contributed by atoms with Gasteiger partial charge in [0, 0.05) is 13.0 Å². The van der Waals surface area contributed by atoms with Gasteiger partial charge < -0.3 is 5.32 Å². The topological polar surface area (TPSA) is 29.1 Å². The van der Waals surface area contributed by atoms with Gasteiger partial charge in [-0.15, -0.1) is 0 Å². The largest absolute Gasteiger partial charge is 0.354 e. The van der Waals surface area contributed by atoms with Crippen LogP contribution in [-0.4, -0.2) is 24.0 Å². The number of hydrogen-bond acceptors (Lipinski definition) is 2. The summed E-state index contributed by atoms with van der Waals surface area (Å²) >= 11 is 1.94. The highest BCUT2D eigenvalue weighted by atomic mass is 32.2. The molecule has 1 aliphatic carbocycles. The van der Waals surface area contributed by atoms with E-state index in [9.17, 15) is 4.79 Å². The van der Waals surface area contributed by atoms with Crippen molar-refractivity contribution in [1.82, 2.24) is 5.32 Å². The number of carbonyl (C=O) groups is 1. The lowest BCUT2D eigenvalue weighted by molar-refractivity contribution is -0.119. The van der Waals surface area contributed by atoms with E-state index >= 15 is 0 Å². The van der Waals surface area contributed by atoms with Crippen molar-refractivity contribution in [2.75, 3.05) is 12.0 Å². The molecule has 0 saturated heterocycles. The van der Waals surface area contributed by atoms with Crippen LogP contribution in [0.3, 0.4) is 0 Å². The minimum atomic E-state index is 0.119. The van der Waals surface area contributed by atoms with E-state index < -0.39 is 0 Å². The Morgan fingerprint density at radius 2 is 2.00 bits per heavy atom. The summed E-state index contributed by atoms with van der Waals surface area (Å²) in [4.78, 5) is 10.8. The number of carbonyl (C=O) groups excluding carboxylic acids is 1. The first-order chi connectivity index (χ1) is 6.22. The Kier molecular flexibility index (Phi) is 4.64. The molecule has 0 radical (unpaired) electrons. The molecule has 0 unspecified atom stereocenters. The highest BCUT2D eigenvalue weighted by molar-refractivity contribution is 7.98. The average molecular weight is 201 g/mol. The molecule has 0 heterocycles. The fourth-order valence-corrected chi connectivity index (χ4v) is 2.80. The molecule has 0 spiro atoms. The summed E-state index contributed by atoms with van der Waals surface area (Å²) in [6, 6.07) is 0.454. The van der Waals surface area contributed by atoms with Crippen LogP contribution in [0.4, 0.5) is 0 Å². The maximum atomic E-state index is 10.8. The lowest BCUT2D eigenvalue weighted by Crippen LogP contribution is -2.36. The average Bonchev–Trinajstić information content (AvgIpc) is 2.08. The number of amides is 1. The number of rotatable bonds is 3. The van der Waals surface area contributed by atoms with Crippen molar-refractivity contribution in [1.29, 1.82) is 0 Å². The molecule has 0 atom stereocenters. The maximum Gasteiger partial charge on any atom is 0.217 e. The fraction of sp³-hybridized carbons (Fsp3) is 0.900. The van der Waals surface area contributed by atoms with Crippen molar-refractivity contribution in [2.24, 2.45) is 5.92 Å². The zero-order chi connectivity index (χ0) is 9.68. The minimum absolute atomic E-state index is 0.119. The molecule has 0 bridgehead atoms. The second kappa shape index (κ2) is 5.53. The van der Waals surface area contributed by atoms with E-state index in [1.165, 1.54) is 31.4 Å². The van der Waals surface area contributed by atoms with Crippen LogP contribution in [0.25, 0.3) is 0 Å². The molecule has 76 valence electrons.